The van der Waals surface area contributed by atoms with E-state index in [-0.39, 0.29) is 12.5 Å². The summed E-state index contributed by atoms with van der Waals surface area (Å²) >= 11 is 0. The van der Waals surface area contributed by atoms with Crippen LogP contribution in [0.3, 0.4) is 0 Å². The molecule has 1 N–H and O–H groups in total. The summed E-state index contributed by atoms with van der Waals surface area (Å²) in [4.78, 5) is 0. The monoisotopic (exact) mass is 586 g/mol. The Morgan fingerprint density at radius 2 is 0.850 bits per heavy atom. The van der Waals surface area contributed by atoms with Crippen LogP contribution in [-0.2, 0) is 14.6 Å². The predicted molar refractivity (Wildman–Crippen MR) is 175 cm³/mol. The quantitative estimate of drug-likeness (QED) is 0.0472. The van der Waals surface area contributed by atoms with Crippen LogP contribution in [0.4, 0.5) is 0 Å². The lowest BCUT2D eigenvalue weighted by Crippen LogP contribution is -2.12. The van der Waals surface area contributed by atoms with Gasteiger partial charge in [0.05, 0.1) is 6.61 Å². The Morgan fingerprint density at radius 1 is 0.525 bits per heavy atom. The maximum absolute atomic E-state index is 11.1. The van der Waals surface area contributed by atoms with Gasteiger partial charge in [0.25, 0.3) is 0 Å². The van der Waals surface area contributed by atoms with Gasteiger partial charge >= 0.3 is 10.4 Å². The molecule has 0 bridgehead atoms. The summed E-state index contributed by atoms with van der Waals surface area (Å²) in [7, 11) is -4.37. The van der Waals surface area contributed by atoms with Crippen LogP contribution in [-0.4, -0.2) is 19.6 Å². The van der Waals surface area contributed by atoms with Crippen molar-refractivity contribution in [2.24, 2.45) is 5.92 Å². The van der Waals surface area contributed by atoms with E-state index in [9.17, 15) is 8.42 Å². The molecule has 40 heavy (non-hydrogen) atoms. The molecule has 0 aliphatic carbocycles. The predicted octanol–water partition coefficient (Wildman–Crippen LogP) is 12.3. The Balaban J connectivity index is 3.76. The van der Waals surface area contributed by atoms with Crippen molar-refractivity contribution >= 4 is 10.4 Å². The van der Waals surface area contributed by atoms with Crippen LogP contribution in [0.2, 0.25) is 0 Å². The van der Waals surface area contributed by atoms with Gasteiger partial charge in [0, 0.05) is 5.92 Å². The van der Waals surface area contributed by atoms with Crippen molar-refractivity contribution in [3.8, 4) is 0 Å². The smallest absolute Gasteiger partial charge is 0.264 e. The summed E-state index contributed by atoms with van der Waals surface area (Å²) in [6, 6.07) is 0. The third-order valence-corrected chi connectivity index (χ3v) is 8.68. The Labute approximate surface area is 251 Å². The molecule has 0 aromatic heterocycles. The fraction of sp³-hybridized carbons (Fsp3) is 0.943. The second kappa shape index (κ2) is 31.5. The second-order valence-electron chi connectivity index (χ2n) is 12.3. The lowest BCUT2D eigenvalue weighted by atomic mass is 9.99. The fourth-order valence-electron chi connectivity index (χ4n) is 5.58. The number of unbranched alkanes of at least 4 members (excludes halogenated alkanes) is 26. The molecule has 0 rings (SSSR count). The zero-order valence-corrected chi connectivity index (χ0v) is 27.8. The lowest BCUT2D eigenvalue weighted by molar-refractivity contribution is 0.234. The molecule has 0 aromatic rings. The van der Waals surface area contributed by atoms with E-state index >= 15 is 0 Å². The first-order chi connectivity index (χ1) is 19.5. The van der Waals surface area contributed by atoms with E-state index < -0.39 is 10.4 Å². The van der Waals surface area contributed by atoms with Gasteiger partial charge < -0.3 is 0 Å². The van der Waals surface area contributed by atoms with Crippen LogP contribution < -0.4 is 0 Å². The highest BCUT2D eigenvalue weighted by atomic mass is 32.3. The highest BCUT2D eigenvalue weighted by Gasteiger charge is 2.11. The van der Waals surface area contributed by atoms with Crippen molar-refractivity contribution in [1.29, 1.82) is 0 Å². The summed E-state index contributed by atoms with van der Waals surface area (Å²) in [6.07, 6.45) is 42.7. The molecule has 240 valence electrons. The van der Waals surface area contributed by atoms with E-state index in [2.05, 4.69) is 26.0 Å². The van der Waals surface area contributed by atoms with Gasteiger partial charge in [0.1, 0.15) is 0 Å². The molecule has 0 saturated carbocycles. The zero-order chi connectivity index (χ0) is 29.4. The topological polar surface area (TPSA) is 63.6 Å². The highest BCUT2D eigenvalue weighted by molar-refractivity contribution is 7.80. The number of hydrogen-bond acceptors (Lipinski definition) is 3. The first-order valence-electron chi connectivity index (χ1n) is 17.8. The average Bonchev–Trinajstić information content (AvgIpc) is 2.93. The lowest BCUT2D eigenvalue weighted by Gasteiger charge is -2.12. The minimum Gasteiger partial charge on any atom is -0.264 e. The first-order valence-corrected chi connectivity index (χ1v) is 19.1. The van der Waals surface area contributed by atoms with Gasteiger partial charge in [0.2, 0.25) is 0 Å². The Bertz CT molecular complexity index is 617. The molecule has 0 radical (unpaired) electrons. The second-order valence-corrected chi connectivity index (χ2v) is 13.4. The molecule has 0 aliphatic rings. The maximum Gasteiger partial charge on any atom is 0.397 e. The first kappa shape index (κ1) is 39.6. The SMILES string of the molecule is CCCCCCCCCCCCCCCC/C=C/C(CCCCCCCCCCCCCCC)COS(=O)(=O)O. The Kier molecular flexibility index (Phi) is 31.2. The van der Waals surface area contributed by atoms with Gasteiger partial charge in [-0.2, -0.15) is 8.42 Å². The van der Waals surface area contributed by atoms with Crippen LogP contribution in [0.1, 0.15) is 200 Å². The third-order valence-electron chi connectivity index (χ3n) is 8.24. The third kappa shape index (κ3) is 33.8. The van der Waals surface area contributed by atoms with Crippen LogP contribution in [0.15, 0.2) is 12.2 Å². The van der Waals surface area contributed by atoms with Gasteiger partial charge in [-0.3, -0.25) is 4.55 Å². The van der Waals surface area contributed by atoms with E-state index in [1.807, 2.05) is 0 Å². The van der Waals surface area contributed by atoms with Crippen LogP contribution >= 0.6 is 0 Å². The maximum atomic E-state index is 11.1. The molecule has 0 aliphatic heterocycles. The fourth-order valence-corrected chi connectivity index (χ4v) is 5.92. The normalized spacial score (nSPS) is 13.0. The molecular formula is C35H70O4S. The molecular weight excluding hydrogens is 516 g/mol. The molecule has 0 amide bonds. The Hall–Kier alpha value is -0.390. The minimum absolute atomic E-state index is 0.0479. The molecule has 5 heteroatoms. The summed E-state index contributed by atoms with van der Waals surface area (Å²) < 4.78 is 35.8. The molecule has 0 aromatic carbocycles. The molecule has 0 heterocycles. The molecule has 1 atom stereocenters. The van der Waals surface area contributed by atoms with Crippen molar-refractivity contribution in [2.45, 2.75) is 200 Å². The van der Waals surface area contributed by atoms with Gasteiger partial charge in [0.15, 0.2) is 0 Å². The van der Waals surface area contributed by atoms with Gasteiger partial charge in [-0.25, -0.2) is 4.18 Å². The van der Waals surface area contributed by atoms with Crippen molar-refractivity contribution in [1.82, 2.24) is 0 Å². The average molecular weight is 587 g/mol. The van der Waals surface area contributed by atoms with Crippen molar-refractivity contribution in [3.63, 3.8) is 0 Å². The van der Waals surface area contributed by atoms with Crippen molar-refractivity contribution in [3.05, 3.63) is 12.2 Å². The molecule has 0 spiro atoms. The molecule has 4 nitrogen and oxygen atoms in total. The minimum atomic E-state index is -4.37. The molecule has 0 fully saturated rings. The van der Waals surface area contributed by atoms with E-state index in [0.717, 1.165) is 19.3 Å². The summed E-state index contributed by atoms with van der Waals surface area (Å²) in [6.45, 7) is 4.60. The molecule has 0 saturated heterocycles. The molecule has 1 unspecified atom stereocenters. The summed E-state index contributed by atoms with van der Waals surface area (Å²) in [5.41, 5.74) is 0. The zero-order valence-electron chi connectivity index (χ0n) is 27.0. The van der Waals surface area contributed by atoms with E-state index in [1.54, 1.807) is 0 Å². The van der Waals surface area contributed by atoms with Crippen LogP contribution in [0.5, 0.6) is 0 Å². The van der Waals surface area contributed by atoms with Crippen molar-refractivity contribution < 1.29 is 17.2 Å². The van der Waals surface area contributed by atoms with E-state index in [1.165, 1.54) is 167 Å². The number of allylic oxidation sites excluding steroid dienone is 1. The van der Waals surface area contributed by atoms with E-state index in [4.69, 9.17) is 8.74 Å². The van der Waals surface area contributed by atoms with Crippen LogP contribution in [0.25, 0.3) is 0 Å². The largest absolute Gasteiger partial charge is 0.397 e. The van der Waals surface area contributed by atoms with Gasteiger partial charge in [-0.15, -0.1) is 0 Å². The van der Waals surface area contributed by atoms with E-state index in [0.29, 0.717) is 0 Å². The van der Waals surface area contributed by atoms with Gasteiger partial charge in [-0.05, 0) is 19.3 Å². The van der Waals surface area contributed by atoms with Crippen LogP contribution in [0, 0.1) is 5.92 Å². The van der Waals surface area contributed by atoms with Gasteiger partial charge in [-0.1, -0.05) is 193 Å². The summed E-state index contributed by atoms with van der Waals surface area (Å²) in [5.74, 6) is 0.0567. The Morgan fingerprint density at radius 3 is 1.20 bits per heavy atom. The summed E-state index contributed by atoms with van der Waals surface area (Å²) in [5, 5.41) is 0. The van der Waals surface area contributed by atoms with Crippen molar-refractivity contribution in [2.75, 3.05) is 6.61 Å². The number of hydrogen-bond donors (Lipinski definition) is 1. The standard InChI is InChI=1S/C35H70O4S/c1-3-5-7-9-11-13-15-17-18-19-21-23-25-27-29-31-33-35(34-39-40(36,37)38)32-30-28-26-24-22-20-16-14-12-10-8-6-4-2/h31,33,35H,3-30,32,34H2,1-2H3,(H,36,37,38)/b33-31+. The number of rotatable bonds is 33. The highest BCUT2D eigenvalue weighted by Crippen LogP contribution is 2.18.